The third kappa shape index (κ3) is 1.59. The highest BCUT2D eigenvalue weighted by Crippen LogP contribution is 2.51. The van der Waals surface area contributed by atoms with Gasteiger partial charge < -0.3 is 0 Å². The molecule has 1 fully saturated rings. The predicted molar refractivity (Wildman–Crippen MR) is 68.5 cm³/mol. The lowest BCUT2D eigenvalue weighted by Crippen LogP contribution is -2.23. The SMILES string of the molecule is CC1CCCC12CCc1ccccc1CC2. The summed E-state index contributed by atoms with van der Waals surface area (Å²) in [7, 11) is 0. The fourth-order valence-corrected chi connectivity index (χ4v) is 3.99. The summed E-state index contributed by atoms with van der Waals surface area (Å²) in [5.74, 6) is 0.960. The minimum atomic E-state index is 0.693. The average molecular weight is 214 g/mol. The first kappa shape index (κ1) is 10.4. The van der Waals surface area contributed by atoms with Crippen LogP contribution in [0.15, 0.2) is 24.3 Å². The van der Waals surface area contributed by atoms with E-state index in [1.807, 2.05) is 0 Å². The van der Waals surface area contributed by atoms with Crippen LogP contribution in [-0.2, 0) is 12.8 Å². The molecule has 0 radical (unpaired) electrons. The summed E-state index contributed by atoms with van der Waals surface area (Å²) >= 11 is 0. The Morgan fingerprint density at radius 3 is 2.12 bits per heavy atom. The Labute approximate surface area is 99.1 Å². The first-order chi connectivity index (χ1) is 7.80. The molecular weight excluding hydrogens is 192 g/mol. The standard InChI is InChI=1S/C16H22/c1-13-5-4-10-16(13)11-8-14-6-2-3-7-15(14)9-12-16/h2-3,6-7,13H,4-5,8-12H2,1H3. The smallest absolute Gasteiger partial charge is 0.0265 e. The van der Waals surface area contributed by atoms with Crippen LogP contribution in [0.1, 0.15) is 50.2 Å². The highest BCUT2D eigenvalue weighted by molar-refractivity contribution is 5.29. The zero-order chi connectivity index (χ0) is 11.0. The number of hydrogen-bond acceptors (Lipinski definition) is 0. The maximum atomic E-state index is 2.49. The first-order valence-electron chi connectivity index (χ1n) is 6.87. The molecule has 0 amide bonds. The van der Waals surface area contributed by atoms with Crippen molar-refractivity contribution in [3.63, 3.8) is 0 Å². The summed E-state index contributed by atoms with van der Waals surface area (Å²) in [5.41, 5.74) is 3.94. The van der Waals surface area contributed by atoms with E-state index in [9.17, 15) is 0 Å². The number of benzene rings is 1. The molecule has 1 saturated carbocycles. The normalized spacial score (nSPS) is 27.7. The zero-order valence-corrected chi connectivity index (χ0v) is 10.3. The summed E-state index contributed by atoms with van der Waals surface area (Å²) in [6.07, 6.45) is 9.94. The van der Waals surface area contributed by atoms with Gasteiger partial charge in [-0.3, -0.25) is 0 Å². The molecule has 1 aromatic carbocycles. The maximum Gasteiger partial charge on any atom is -0.0265 e. The average Bonchev–Trinajstić information content (AvgIpc) is 2.56. The van der Waals surface area contributed by atoms with Gasteiger partial charge >= 0.3 is 0 Å². The summed E-state index contributed by atoms with van der Waals surface area (Å²) in [6.45, 7) is 2.49. The van der Waals surface area contributed by atoms with Gasteiger partial charge in [0.1, 0.15) is 0 Å². The highest BCUT2D eigenvalue weighted by atomic mass is 14.4. The summed E-state index contributed by atoms with van der Waals surface area (Å²) in [5, 5.41) is 0. The Morgan fingerprint density at radius 1 is 1.00 bits per heavy atom. The molecule has 16 heavy (non-hydrogen) atoms. The molecule has 2 aliphatic rings. The first-order valence-corrected chi connectivity index (χ1v) is 6.87. The van der Waals surface area contributed by atoms with Crippen molar-refractivity contribution in [2.75, 3.05) is 0 Å². The van der Waals surface area contributed by atoms with Crippen LogP contribution in [0.25, 0.3) is 0 Å². The van der Waals surface area contributed by atoms with E-state index in [4.69, 9.17) is 0 Å². The monoisotopic (exact) mass is 214 g/mol. The zero-order valence-electron chi connectivity index (χ0n) is 10.3. The molecule has 3 rings (SSSR count). The molecule has 2 aliphatic carbocycles. The van der Waals surface area contributed by atoms with Crippen LogP contribution in [0.4, 0.5) is 0 Å². The Morgan fingerprint density at radius 2 is 1.62 bits per heavy atom. The number of fused-ring (bicyclic) bond motifs is 1. The number of hydrogen-bond donors (Lipinski definition) is 0. The number of rotatable bonds is 0. The van der Waals surface area contributed by atoms with Gasteiger partial charge in [0.2, 0.25) is 0 Å². The molecular formula is C16H22. The second kappa shape index (κ2) is 3.91. The van der Waals surface area contributed by atoms with Gasteiger partial charge in [-0.15, -0.1) is 0 Å². The van der Waals surface area contributed by atoms with Crippen LogP contribution in [-0.4, -0.2) is 0 Å². The molecule has 1 atom stereocenters. The van der Waals surface area contributed by atoms with Gasteiger partial charge in [-0.05, 0) is 54.6 Å². The molecule has 1 unspecified atom stereocenters. The minimum absolute atomic E-state index is 0.693. The van der Waals surface area contributed by atoms with Gasteiger partial charge in [-0.2, -0.15) is 0 Å². The van der Waals surface area contributed by atoms with Crippen molar-refractivity contribution in [1.82, 2.24) is 0 Å². The van der Waals surface area contributed by atoms with Crippen LogP contribution in [0, 0.1) is 11.3 Å². The van der Waals surface area contributed by atoms with E-state index in [0.29, 0.717) is 5.41 Å². The summed E-state index contributed by atoms with van der Waals surface area (Å²) in [6, 6.07) is 9.09. The lowest BCUT2D eigenvalue weighted by Gasteiger charge is -2.32. The maximum absolute atomic E-state index is 2.49. The van der Waals surface area contributed by atoms with Gasteiger partial charge in [0.05, 0.1) is 0 Å². The lowest BCUT2D eigenvalue weighted by molar-refractivity contribution is 0.183. The van der Waals surface area contributed by atoms with E-state index in [1.54, 1.807) is 11.1 Å². The molecule has 1 spiro atoms. The molecule has 86 valence electrons. The van der Waals surface area contributed by atoms with E-state index in [1.165, 1.54) is 44.9 Å². The lowest BCUT2D eigenvalue weighted by atomic mass is 9.72. The highest BCUT2D eigenvalue weighted by Gasteiger charge is 2.40. The third-order valence-electron chi connectivity index (χ3n) is 5.26. The van der Waals surface area contributed by atoms with Crippen molar-refractivity contribution in [3.8, 4) is 0 Å². The fourth-order valence-electron chi connectivity index (χ4n) is 3.99. The summed E-state index contributed by atoms with van der Waals surface area (Å²) in [4.78, 5) is 0. The van der Waals surface area contributed by atoms with Crippen LogP contribution >= 0.6 is 0 Å². The van der Waals surface area contributed by atoms with Gasteiger partial charge in [-0.25, -0.2) is 0 Å². The molecule has 0 aromatic heterocycles. The van der Waals surface area contributed by atoms with E-state index < -0.39 is 0 Å². The molecule has 0 nitrogen and oxygen atoms in total. The second-order valence-electron chi connectivity index (χ2n) is 5.92. The molecule has 0 aliphatic heterocycles. The van der Waals surface area contributed by atoms with Gasteiger partial charge in [0, 0.05) is 0 Å². The molecule has 0 heterocycles. The molecule has 0 saturated heterocycles. The largest absolute Gasteiger partial charge is 0.0620 e. The van der Waals surface area contributed by atoms with E-state index >= 15 is 0 Å². The summed E-state index contributed by atoms with van der Waals surface area (Å²) < 4.78 is 0. The Balaban J connectivity index is 1.87. The quantitative estimate of drug-likeness (QED) is 0.601. The van der Waals surface area contributed by atoms with Crippen LogP contribution in [0.5, 0.6) is 0 Å². The van der Waals surface area contributed by atoms with E-state index in [-0.39, 0.29) is 0 Å². The molecule has 0 heteroatoms. The van der Waals surface area contributed by atoms with Crippen molar-refractivity contribution in [2.45, 2.75) is 51.9 Å². The van der Waals surface area contributed by atoms with E-state index in [2.05, 4.69) is 31.2 Å². The van der Waals surface area contributed by atoms with Crippen molar-refractivity contribution in [1.29, 1.82) is 0 Å². The van der Waals surface area contributed by atoms with E-state index in [0.717, 1.165) is 5.92 Å². The van der Waals surface area contributed by atoms with Crippen LogP contribution in [0.3, 0.4) is 0 Å². The van der Waals surface area contributed by atoms with Crippen LogP contribution < -0.4 is 0 Å². The van der Waals surface area contributed by atoms with Crippen LogP contribution in [0.2, 0.25) is 0 Å². The predicted octanol–water partition coefficient (Wildman–Crippen LogP) is 4.37. The van der Waals surface area contributed by atoms with Crippen molar-refractivity contribution in [2.24, 2.45) is 11.3 Å². The fraction of sp³-hybridized carbons (Fsp3) is 0.625. The third-order valence-corrected chi connectivity index (χ3v) is 5.26. The Hall–Kier alpha value is -0.780. The molecule has 0 N–H and O–H groups in total. The van der Waals surface area contributed by atoms with Gasteiger partial charge in [-0.1, -0.05) is 44.0 Å². The van der Waals surface area contributed by atoms with Gasteiger partial charge in [0.15, 0.2) is 0 Å². The van der Waals surface area contributed by atoms with Crippen molar-refractivity contribution < 1.29 is 0 Å². The Bertz CT molecular complexity index is 350. The molecule has 1 aromatic rings. The second-order valence-corrected chi connectivity index (χ2v) is 5.92. The topological polar surface area (TPSA) is 0 Å². The molecule has 0 bridgehead atoms. The Kier molecular flexibility index (Phi) is 2.53. The van der Waals surface area contributed by atoms with Crippen molar-refractivity contribution in [3.05, 3.63) is 35.4 Å². The van der Waals surface area contributed by atoms with Crippen molar-refractivity contribution >= 4 is 0 Å². The number of aryl methyl sites for hydroxylation is 2. The van der Waals surface area contributed by atoms with Gasteiger partial charge in [0.25, 0.3) is 0 Å². The minimum Gasteiger partial charge on any atom is -0.0620 e.